The van der Waals surface area contributed by atoms with Crippen LogP contribution in [0.25, 0.3) is 11.0 Å². The summed E-state index contributed by atoms with van der Waals surface area (Å²) in [4.78, 5) is 19.8. The lowest BCUT2D eigenvalue weighted by molar-refractivity contribution is -0.119. The van der Waals surface area contributed by atoms with Crippen LogP contribution in [-0.2, 0) is 16.9 Å². The Balaban J connectivity index is 1.26. The van der Waals surface area contributed by atoms with Gasteiger partial charge < -0.3 is 9.88 Å². The van der Waals surface area contributed by atoms with Gasteiger partial charge in [-0.2, -0.15) is 0 Å². The topological polar surface area (TPSA) is 50.2 Å². The minimum absolute atomic E-state index is 0.146. The van der Waals surface area contributed by atoms with Crippen LogP contribution >= 0.6 is 0 Å². The summed E-state index contributed by atoms with van der Waals surface area (Å²) in [7, 11) is 0. The van der Waals surface area contributed by atoms with Crippen LogP contribution in [-0.4, -0.2) is 40.0 Å². The zero-order valence-corrected chi connectivity index (χ0v) is 18.5. The third-order valence-electron chi connectivity index (χ3n) is 9.41. The van der Waals surface area contributed by atoms with Gasteiger partial charge in [0.15, 0.2) is 0 Å². The van der Waals surface area contributed by atoms with Crippen LogP contribution in [0.2, 0.25) is 0 Å². The molecule has 31 heavy (non-hydrogen) atoms. The predicted molar refractivity (Wildman–Crippen MR) is 120 cm³/mol. The zero-order chi connectivity index (χ0) is 20.6. The molecule has 2 aromatic rings. The first kappa shape index (κ1) is 18.7. The van der Waals surface area contributed by atoms with Gasteiger partial charge in [-0.25, -0.2) is 4.98 Å². The highest BCUT2D eigenvalue weighted by Gasteiger charge is 2.53. The number of piperidine rings is 1. The smallest absolute Gasteiger partial charge is 0.220 e. The first-order valence-electron chi connectivity index (χ1n) is 12.6. The number of hydrogen-bond donors (Lipinski definition) is 1. The fourth-order valence-electron chi connectivity index (χ4n) is 8.74. The van der Waals surface area contributed by atoms with Crippen molar-refractivity contribution >= 4 is 16.9 Å². The van der Waals surface area contributed by atoms with Gasteiger partial charge in [-0.3, -0.25) is 9.69 Å². The molecule has 1 atom stereocenters. The number of amides is 1. The Bertz CT molecular complexity index is 1010. The van der Waals surface area contributed by atoms with E-state index in [-0.39, 0.29) is 11.3 Å². The number of para-hydroxylation sites is 2. The minimum Gasteiger partial charge on any atom is -0.355 e. The van der Waals surface area contributed by atoms with E-state index in [4.69, 9.17) is 4.98 Å². The van der Waals surface area contributed by atoms with Crippen LogP contribution in [0.3, 0.4) is 0 Å². The molecule has 4 aliphatic carbocycles. The summed E-state index contributed by atoms with van der Waals surface area (Å²) >= 11 is 0. The Labute approximate surface area is 184 Å². The van der Waals surface area contributed by atoms with Crippen LogP contribution in [0.5, 0.6) is 0 Å². The SMILES string of the molecule is O=C1CC2(CCCN(Cc3nc4ccccc4n3C34CC5CC(CC(C5)C3)C4)C2)CN1. The average molecular weight is 419 g/mol. The average Bonchev–Trinajstić information content (AvgIpc) is 3.27. The van der Waals surface area contributed by atoms with Crippen molar-refractivity contribution in [2.45, 2.75) is 69.9 Å². The van der Waals surface area contributed by atoms with Crippen molar-refractivity contribution in [1.29, 1.82) is 0 Å². The molecule has 2 aliphatic heterocycles. The van der Waals surface area contributed by atoms with Gasteiger partial charge in [0.25, 0.3) is 0 Å². The highest BCUT2D eigenvalue weighted by Crippen LogP contribution is 2.59. The van der Waals surface area contributed by atoms with Gasteiger partial charge in [0.1, 0.15) is 5.82 Å². The summed E-state index contributed by atoms with van der Waals surface area (Å²) in [5.41, 5.74) is 2.95. The molecule has 1 amide bonds. The summed E-state index contributed by atoms with van der Waals surface area (Å²) in [6, 6.07) is 8.83. The second-order valence-corrected chi connectivity index (χ2v) is 11.8. The molecule has 164 valence electrons. The largest absolute Gasteiger partial charge is 0.355 e. The normalized spacial score (nSPS) is 39.6. The van der Waals surface area contributed by atoms with Gasteiger partial charge in [-0.05, 0) is 87.8 Å². The molecule has 0 radical (unpaired) electrons. The van der Waals surface area contributed by atoms with Gasteiger partial charge in [-0.15, -0.1) is 0 Å². The van der Waals surface area contributed by atoms with Crippen LogP contribution in [0.15, 0.2) is 24.3 Å². The number of nitrogens with zero attached hydrogens (tertiary/aromatic N) is 3. The molecule has 1 N–H and O–H groups in total. The number of carbonyl (C=O) groups is 1. The number of nitrogens with one attached hydrogen (secondary N) is 1. The lowest BCUT2D eigenvalue weighted by atomic mass is 9.53. The number of likely N-dealkylation sites (tertiary alicyclic amines) is 1. The van der Waals surface area contributed by atoms with Crippen LogP contribution < -0.4 is 5.32 Å². The summed E-state index contributed by atoms with van der Waals surface area (Å²) in [5, 5.41) is 3.10. The van der Waals surface area contributed by atoms with E-state index >= 15 is 0 Å². The summed E-state index contributed by atoms with van der Waals surface area (Å²) < 4.78 is 2.73. The zero-order valence-electron chi connectivity index (χ0n) is 18.5. The van der Waals surface area contributed by atoms with Crippen LogP contribution in [0, 0.1) is 23.2 Å². The lowest BCUT2D eigenvalue weighted by Crippen LogP contribution is -2.52. The maximum atomic E-state index is 12.0. The van der Waals surface area contributed by atoms with Crippen molar-refractivity contribution in [3.63, 3.8) is 0 Å². The quantitative estimate of drug-likeness (QED) is 0.818. The summed E-state index contributed by atoms with van der Waals surface area (Å²) in [5.74, 6) is 4.29. The lowest BCUT2D eigenvalue weighted by Gasteiger charge is -2.57. The Morgan fingerprint density at radius 3 is 2.52 bits per heavy atom. The molecular formula is C26H34N4O. The fraction of sp³-hybridized carbons (Fsp3) is 0.692. The van der Waals surface area contributed by atoms with E-state index in [9.17, 15) is 4.79 Å². The maximum absolute atomic E-state index is 12.0. The van der Waals surface area contributed by atoms with Crippen molar-refractivity contribution in [1.82, 2.24) is 19.8 Å². The van der Waals surface area contributed by atoms with Crippen molar-refractivity contribution < 1.29 is 4.79 Å². The second kappa shape index (κ2) is 6.57. The molecule has 3 heterocycles. The van der Waals surface area contributed by atoms with Crippen molar-refractivity contribution in [3.8, 4) is 0 Å². The summed E-state index contributed by atoms with van der Waals surface area (Å²) in [6.45, 7) is 3.93. The Morgan fingerprint density at radius 2 is 1.81 bits per heavy atom. The van der Waals surface area contributed by atoms with E-state index in [1.807, 2.05) is 0 Å². The van der Waals surface area contributed by atoms with Gasteiger partial charge >= 0.3 is 0 Å². The molecule has 1 unspecified atom stereocenters. The third kappa shape index (κ3) is 2.92. The molecule has 4 bridgehead atoms. The number of rotatable bonds is 3. The number of aromatic nitrogens is 2. The van der Waals surface area contributed by atoms with Gasteiger partial charge in [0.2, 0.25) is 5.91 Å². The molecule has 1 spiro atoms. The van der Waals surface area contributed by atoms with Crippen LogP contribution in [0.4, 0.5) is 0 Å². The maximum Gasteiger partial charge on any atom is 0.220 e. The predicted octanol–water partition coefficient (Wildman–Crippen LogP) is 4.06. The van der Waals surface area contributed by atoms with E-state index in [0.29, 0.717) is 12.0 Å². The number of carbonyl (C=O) groups excluding carboxylic acids is 1. The molecule has 4 saturated carbocycles. The molecule has 5 heteroatoms. The van der Waals surface area contributed by atoms with Crippen LogP contribution in [0.1, 0.15) is 63.6 Å². The van der Waals surface area contributed by atoms with Crippen molar-refractivity contribution in [2.75, 3.05) is 19.6 Å². The van der Waals surface area contributed by atoms with Crippen molar-refractivity contribution in [3.05, 3.63) is 30.1 Å². The number of fused-ring (bicyclic) bond motifs is 1. The van der Waals surface area contributed by atoms with E-state index in [0.717, 1.165) is 49.4 Å². The number of benzene rings is 1. The second-order valence-electron chi connectivity index (χ2n) is 11.8. The molecule has 5 nitrogen and oxygen atoms in total. The molecule has 1 aromatic carbocycles. The molecule has 1 aromatic heterocycles. The fourth-order valence-corrected chi connectivity index (χ4v) is 8.74. The number of hydrogen-bond acceptors (Lipinski definition) is 3. The standard InChI is InChI=1S/C26H34N4O/c31-24-14-25(16-27-24)6-3-7-29(17-25)15-23-28-21-4-1-2-5-22(21)30(23)26-11-18-8-19(12-26)10-20(9-18)13-26/h1-2,4-5,18-20H,3,6-17H2,(H,27,31). The Morgan fingerprint density at radius 1 is 1.06 bits per heavy atom. The van der Waals surface area contributed by atoms with E-state index < -0.39 is 0 Å². The Kier molecular flexibility index (Phi) is 3.95. The highest BCUT2D eigenvalue weighted by atomic mass is 16.1. The van der Waals surface area contributed by atoms with Crippen molar-refractivity contribution in [2.24, 2.45) is 23.2 Å². The molecular weight excluding hydrogens is 384 g/mol. The molecule has 6 fully saturated rings. The van der Waals surface area contributed by atoms with Gasteiger partial charge in [0, 0.05) is 30.5 Å². The summed E-state index contributed by atoms with van der Waals surface area (Å²) in [6.07, 6.45) is 11.5. The van der Waals surface area contributed by atoms with E-state index in [2.05, 4.69) is 39.0 Å². The highest BCUT2D eigenvalue weighted by molar-refractivity contribution is 5.79. The van der Waals surface area contributed by atoms with E-state index in [1.54, 1.807) is 0 Å². The molecule has 2 saturated heterocycles. The number of imidazole rings is 1. The third-order valence-corrected chi connectivity index (χ3v) is 9.41. The van der Waals surface area contributed by atoms with Gasteiger partial charge in [-0.1, -0.05) is 12.1 Å². The minimum atomic E-state index is 0.146. The molecule has 6 aliphatic rings. The monoisotopic (exact) mass is 418 g/mol. The van der Waals surface area contributed by atoms with E-state index in [1.165, 1.54) is 62.7 Å². The first-order chi connectivity index (χ1) is 15.1. The Hall–Kier alpha value is -1.88. The first-order valence-corrected chi connectivity index (χ1v) is 12.6. The molecule has 8 rings (SSSR count). The van der Waals surface area contributed by atoms with Gasteiger partial charge in [0.05, 0.1) is 17.6 Å².